The highest BCUT2D eigenvalue weighted by molar-refractivity contribution is 5.94. The van der Waals surface area contributed by atoms with E-state index in [4.69, 9.17) is 15.2 Å². The lowest BCUT2D eigenvalue weighted by atomic mass is 10.3. The van der Waals surface area contributed by atoms with Gasteiger partial charge in [-0.3, -0.25) is 0 Å². The highest BCUT2D eigenvalue weighted by Crippen LogP contribution is 2.27. The molecule has 0 amide bonds. The lowest BCUT2D eigenvalue weighted by Crippen LogP contribution is -2.10. The fraction of sp³-hybridized carbons (Fsp3) is 0.0909. The van der Waals surface area contributed by atoms with Crippen LogP contribution in [0.4, 0.5) is 5.88 Å². The van der Waals surface area contributed by atoms with Gasteiger partial charge in [-0.25, -0.2) is 4.79 Å². The van der Waals surface area contributed by atoms with E-state index in [0.29, 0.717) is 11.5 Å². The number of ether oxygens (including phenoxy) is 2. The molecule has 0 aliphatic rings. The minimum absolute atomic E-state index is 0.0788. The molecule has 0 fully saturated rings. The number of rotatable bonds is 3. The lowest BCUT2D eigenvalue weighted by molar-refractivity contribution is 0.0730. The molecule has 6 heteroatoms. The van der Waals surface area contributed by atoms with Crippen molar-refractivity contribution in [1.29, 1.82) is 0 Å². The Hall–Kier alpha value is -2.50. The Morgan fingerprint density at radius 3 is 2.65 bits per heavy atom. The molecule has 0 aliphatic heterocycles. The van der Waals surface area contributed by atoms with Gasteiger partial charge in [-0.15, -0.1) is 0 Å². The third-order valence-electron chi connectivity index (χ3n) is 2.09. The van der Waals surface area contributed by atoms with Gasteiger partial charge in [0, 0.05) is 0 Å². The maximum atomic E-state index is 11.7. The molecule has 2 N–H and O–H groups in total. The number of carbonyl (C=O) groups is 1. The van der Waals surface area contributed by atoms with Crippen molar-refractivity contribution in [2.45, 2.75) is 0 Å². The predicted octanol–water partition coefficient (Wildman–Crippen LogP) is 1.48. The highest BCUT2D eigenvalue weighted by Gasteiger charge is 2.17. The number of hydrogen-bond acceptors (Lipinski definition) is 6. The van der Waals surface area contributed by atoms with Gasteiger partial charge in [-0.2, -0.15) is 0 Å². The molecule has 0 bridgehead atoms. The van der Waals surface area contributed by atoms with E-state index in [1.165, 1.54) is 13.3 Å². The average Bonchev–Trinajstić information content (AvgIpc) is 2.76. The highest BCUT2D eigenvalue weighted by atomic mass is 16.6. The second kappa shape index (κ2) is 4.56. The molecule has 1 heterocycles. The summed E-state index contributed by atoms with van der Waals surface area (Å²) in [5, 5.41) is 3.39. The van der Waals surface area contributed by atoms with E-state index < -0.39 is 5.97 Å². The predicted molar refractivity (Wildman–Crippen MR) is 58.9 cm³/mol. The van der Waals surface area contributed by atoms with Crippen LogP contribution in [-0.4, -0.2) is 18.2 Å². The number of hydrogen-bond donors (Lipinski definition) is 1. The largest absolute Gasteiger partial charge is 0.493 e. The van der Waals surface area contributed by atoms with Crippen molar-refractivity contribution >= 4 is 11.9 Å². The first-order valence-corrected chi connectivity index (χ1v) is 4.77. The van der Waals surface area contributed by atoms with Gasteiger partial charge in [-0.05, 0) is 12.1 Å². The molecule has 17 heavy (non-hydrogen) atoms. The first-order valence-electron chi connectivity index (χ1n) is 4.77. The molecule has 6 nitrogen and oxygen atoms in total. The van der Waals surface area contributed by atoms with Gasteiger partial charge in [0.25, 0.3) is 0 Å². The number of nitrogen functional groups attached to an aromatic ring is 1. The molecule has 88 valence electrons. The summed E-state index contributed by atoms with van der Waals surface area (Å²) < 4.78 is 14.7. The van der Waals surface area contributed by atoms with E-state index in [1.54, 1.807) is 24.3 Å². The molecular formula is C11H10N2O4. The number of methoxy groups -OCH3 is 1. The van der Waals surface area contributed by atoms with E-state index in [9.17, 15) is 4.79 Å². The smallest absolute Gasteiger partial charge is 0.350 e. The molecule has 0 unspecified atom stereocenters. The summed E-state index contributed by atoms with van der Waals surface area (Å²) in [5.41, 5.74) is 5.48. The standard InChI is InChI=1S/C11H10N2O4/c1-15-8-4-2-3-5-9(8)16-11(14)7-6-13-17-10(7)12/h2-6H,12H2,1H3. The molecular weight excluding hydrogens is 224 g/mol. The van der Waals surface area contributed by atoms with Crippen LogP contribution in [-0.2, 0) is 0 Å². The number of nitrogens with zero attached hydrogens (tertiary/aromatic N) is 1. The normalized spacial score (nSPS) is 9.94. The summed E-state index contributed by atoms with van der Waals surface area (Å²) in [4.78, 5) is 11.7. The summed E-state index contributed by atoms with van der Waals surface area (Å²) in [7, 11) is 1.49. The number of esters is 1. The molecule has 0 saturated carbocycles. The molecule has 0 aliphatic carbocycles. The van der Waals surface area contributed by atoms with Crippen molar-refractivity contribution in [2.75, 3.05) is 12.8 Å². The second-order valence-corrected chi connectivity index (χ2v) is 3.14. The molecule has 1 aromatic carbocycles. The number of benzene rings is 1. The summed E-state index contributed by atoms with van der Waals surface area (Å²) in [6.07, 6.45) is 1.20. The minimum Gasteiger partial charge on any atom is -0.493 e. The maximum Gasteiger partial charge on any atom is 0.350 e. The summed E-state index contributed by atoms with van der Waals surface area (Å²) in [6.45, 7) is 0. The summed E-state index contributed by atoms with van der Waals surface area (Å²) in [5.74, 6) is 0.0367. The number of anilines is 1. The van der Waals surface area contributed by atoms with Crippen molar-refractivity contribution in [2.24, 2.45) is 0 Å². The quantitative estimate of drug-likeness (QED) is 0.639. The van der Waals surface area contributed by atoms with Crippen LogP contribution in [0.15, 0.2) is 35.0 Å². The molecule has 0 saturated heterocycles. The van der Waals surface area contributed by atoms with Gasteiger partial charge in [0.1, 0.15) is 5.56 Å². The van der Waals surface area contributed by atoms with E-state index >= 15 is 0 Å². The Morgan fingerprint density at radius 2 is 2.06 bits per heavy atom. The zero-order valence-corrected chi connectivity index (χ0v) is 9.04. The monoisotopic (exact) mass is 234 g/mol. The Balaban J connectivity index is 2.22. The molecule has 0 atom stereocenters. The molecule has 2 aromatic rings. The Kier molecular flexibility index (Phi) is 2.95. The first-order chi connectivity index (χ1) is 8.22. The fourth-order valence-electron chi connectivity index (χ4n) is 1.26. The van der Waals surface area contributed by atoms with Gasteiger partial charge in [0.15, 0.2) is 11.5 Å². The minimum atomic E-state index is -0.645. The van der Waals surface area contributed by atoms with Crippen LogP contribution in [0.1, 0.15) is 10.4 Å². The van der Waals surface area contributed by atoms with Crippen molar-refractivity contribution in [3.8, 4) is 11.5 Å². The van der Waals surface area contributed by atoms with Crippen LogP contribution in [0.3, 0.4) is 0 Å². The zero-order chi connectivity index (χ0) is 12.3. The number of carbonyl (C=O) groups excluding carboxylic acids is 1. The maximum absolute atomic E-state index is 11.7. The van der Waals surface area contributed by atoms with Crippen molar-refractivity contribution < 1.29 is 18.8 Å². The van der Waals surface area contributed by atoms with Crippen LogP contribution in [0.5, 0.6) is 11.5 Å². The van der Waals surface area contributed by atoms with Crippen LogP contribution >= 0.6 is 0 Å². The zero-order valence-electron chi connectivity index (χ0n) is 9.04. The summed E-state index contributed by atoms with van der Waals surface area (Å²) in [6, 6.07) is 6.78. The number of nitrogens with two attached hydrogens (primary N) is 1. The van der Waals surface area contributed by atoms with E-state index in [-0.39, 0.29) is 11.4 Å². The number of aromatic nitrogens is 1. The SMILES string of the molecule is COc1ccccc1OC(=O)c1cnoc1N. The fourth-order valence-corrected chi connectivity index (χ4v) is 1.26. The second-order valence-electron chi connectivity index (χ2n) is 3.14. The van der Waals surface area contributed by atoms with Crippen molar-refractivity contribution in [1.82, 2.24) is 5.16 Å². The average molecular weight is 234 g/mol. The third-order valence-corrected chi connectivity index (χ3v) is 2.09. The van der Waals surface area contributed by atoms with Crippen LogP contribution < -0.4 is 15.2 Å². The van der Waals surface area contributed by atoms with E-state index in [0.717, 1.165) is 0 Å². The van der Waals surface area contributed by atoms with Crippen LogP contribution in [0, 0.1) is 0 Å². The van der Waals surface area contributed by atoms with Gasteiger partial charge >= 0.3 is 5.97 Å². The van der Waals surface area contributed by atoms with Crippen LogP contribution in [0.25, 0.3) is 0 Å². The van der Waals surface area contributed by atoms with Gasteiger partial charge in [-0.1, -0.05) is 17.3 Å². The molecule has 2 rings (SSSR count). The molecule has 0 radical (unpaired) electrons. The Morgan fingerprint density at radius 1 is 1.35 bits per heavy atom. The van der Waals surface area contributed by atoms with E-state index in [2.05, 4.69) is 9.68 Å². The van der Waals surface area contributed by atoms with E-state index in [1.807, 2.05) is 0 Å². The van der Waals surface area contributed by atoms with Crippen LogP contribution in [0.2, 0.25) is 0 Å². The van der Waals surface area contributed by atoms with Crippen molar-refractivity contribution in [3.05, 3.63) is 36.0 Å². The third kappa shape index (κ3) is 2.20. The summed E-state index contributed by atoms with van der Waals surface area (Å²) >= 11 is 0. The Labute approximate surface area is 96.9 Å². The first kappa shape index (κ1) is 11.0. The van der Waals surface area contributed by atoms with Gasteiger partial charge in [0.05, 0.1) is 13.3 Å². The number of para-hydroxylation sites is 2. The van der Waals surface area contributed by atoms with Crippen molar-refractivity contribution in [3.63, 3.8) is 0 Å². The van der Waals surface area contributed by atoms with Gasteiger partial charge in [0.2, 0.25) is 5.88 Å². The topological polar surface area (TPSA) is 87.6 Å². The lowest BCUT2D eigenvalue weighted by Gasteiger charge is -2.07. The Bertz CT molecular complexity index is 536. The molecule has 0 spiro atoms. The van der Waals surface area contributed by atoms with Gasteiger partial charge < -0.3 is 19.7 Å². The molecule has 1 aromatic heterocycles.